The molecule has 4 N–H and O–H groups in total. The van der Waals surface area contributed by atoms with E-state index in [9.17, 15) is 27.2 Å². The number of benzene rings is 3. The minimum atomic E-state index is -3.88. The number of nitrogens with one attached hydrogen (secondary N) is 2. The van der Waals surface area contributed by atoms with Crippen LogP contribution in [0.4, 0.5) is 10.1 Å². The number of rotatable bonds is 12. The molecular weight excluding hydrogens is 683 g/mol. The van der Waals surface area contributed by atoms with Crippen molar-refractivity contribution in [1.29, 1.82) is 0 Å². The molecule has 3 amide bonds. The molecule has 0 spiro atoms. The number of hydrogen-bond donors (Lipinski definition) is 3. The monoisotopic (exact) mass is 722 g/mol. The number of nitrogens with zero attached hydrogens (tertiary/aromatic N) is 1. The van der Waals surface area contributed by atoms with Crippen molar-refractivity contribution >= 4 is 45.0 Å². The van der Waals surface area contributed by atoms with Crippen LogP contribution in [0.1, 0.15) is 56.2 Å². The van der Waals surface area contributed by atoms with E-state index in [4.69, 9.17) is 22.1 Å². The van der Waals surface area contributed by atoms with Gasteiger partial charge in [0.05, 0.1) is 5.25 Å². The van der Waals surface area contributed by atoms with Crippen molar-refractivity contribution in [3.63, 3.8) is 0 Å². The Labute approximate surface area is 296 Å². The zero-order valence-electron chi connectivity index (χ0n) is 27.9. The Balaban J connectivity index is 1.27. The first-order valence-corrected chi connectivity index (χ1v) is 18.4. The molecule has 3 aliphatic rings. The number of halogens is 2. The summed E-state index contributed by atoms with van der Waals surface area (Å²) in [6.45, 7) is 7.62. The van der Waals surface area contributed by atoms with Crippen molar-refractivity contribution in [1.82, 2.24) is 14.9 Å². The van der Waals surface area contributed by atoms with Gasteiger partial charge < -0.3 is 20.7 Å². The number of amides is 3. The lowest BCUT2D eigenvalue weighted by atomic mass is 9.81. The Hall–Kier alpha value is -4.42. The van der Waals surface area contributed by atoms with Gasteiger partial charge >= 0.3 is 0 Å². The third-order valence-electron chi connectivity index (χ3n) is 9.62. The summed E-state index contributed by atoms with van der Waals surface area (Å²) in [4.78, 5) is 43.3. The third-order valence-corrected chi connectivity index (χ3v) is 11.7. The van der Waals surface area contributed by atoms with Crippen LogP contribution in [0.15, 0.2) is 73.3 Å². The second-order valence-corrected chi connectivity index (χ2v) is 16.7. The molecule has 3 aromatic rings. The first-order valence-electron chi connectivity index (χ1n) is 16.5. The number of hydrogen-bond acceptors (Lipinski definition) is 7. The van der Waals surface area contributed by atoms with Crippen LogP contribution < -0.4 is 20.5 Å². The van der Waals surface area contributed by atoms with E-state index in [0.29, 0.717) is 47.0 Å². The van der Waals surface area contributed by atoms with Crippen LogP contribution in [0, 0.1) is 17.2 Å². The largest absolute Gasteiger partial charge is 0.457 e. The maximum absolute atomic E-state index is 14.2. The van der Waals surface area contributed by atoms with Crippen LogP contribution in [-0.2, 0) is 43.8 Å². The average molecular weight is 723 g/mol. The molecular formula is C37H40ClFN4O6S. The lowest BCUT2D eigenvalue weighted by Gasteiger charge is -2.38. The van der Waals surface area contributed by atoms with Gasteiger partial charge in [-0.1, -0.05) is 43.7 Å². The number of sulfonamides is 1. The van der Waals surface area contributed by atoms with Crippen LogP contribution >= 0.6 is 11.6 Å². The molecule has 0 bridgehead atoms. The summed E-state index contributed by atoms with van der Waals surface area (Å²) in [6.07, 6.45) is 3.06. The zero-order valence-corrected chi connectivity index (χ0v) is 29.5. The lowest BCUT2D eigenvalue weighted by Crippen LogP contribution is -2.59. The number of anilines is 1. The highest BCUT2D eigenvalue weighted by atomic mass is 35.5. The van der Waals surface area contributed by atoms with Crippen molar-refractivity contribution in [2.45, 2.75) is 75.7 Å². The molecule has 1 unspecified atom stereocenters. The number of ether oxygens (including phenoxy) is 1. The fraction of sp³-hybridized carbons (Fsp3) is 0.378. The van der Waals surface area contributed by atoms with Crippen LogP contribution in [0.5, 0.6) is 11.5 Å². The number of carbonyl (C=O) groups excluding carboxylic acids is 3. The van der Waals surface area contributed by atoms with E-state index in [2.05, 4.69) is 16.6 Å². The van der Waals surface area contributed by atoms with E-state index in [-0.39, 0.29) is 31.7 Å². The fourth-order valence-corrected chi connectivity index (χ4v) is 8.16. The van der Waals surface area contributed by atoms with E-state index in [0.717, 1.165) is 11.1 Å². The summed E-state index contributed by atoms with van der Waals surface area (Å²) in [5.41, 5.74) is 6.51. The Morgan fingerprint density at radius 1 is 1.10 bits per heavy atom. The number of nitrogen functional groups attached to an aromatic ring is 1. The summed E-state index contributed by atoms with van der Waals surface area (Å²) < 4.78 is 47.6. The van der Waals surface area contributed by atoms with Crippen LogP contribution in [0.25, 0.3) is 0 Å². The van der Waals surface area contributed by atoms with Crippen molar-refractivity contribution in [2.75, 3.05) is 5.73 Å². The second-order valence-electron chi connectivity index (χ2n) is 14.3. The molecule has 264 valence electrons. The Kier molecular flexibility index (Phi) is 9.47. The fourth-order valence-electron chi connectivity index (χ4n) is 6.62. The molecule has 6 rings (SSSR count). The third kappa shape index (κ3) is 7.66. The molecule has 2 aliphatic carbocycles. The van der Waals surface area contributed by atoms with Crippen LogP contribution in [-0.4, -0.2) is 47.9 Å². The first kappa shape index (κ1) is 35.4. The van der Waals surface area contributed by atoms with E-state index >= 15 is 0 Å². The highest BCUT2D eigenvalue weighted by Gasteiger charge is 2.61. The number of nitrogens with two attached hydrogens (primary N) is 1. The van der Waals surface area contributed by atoms with Crippen LogP contribution in [0.3, 0.4) is 0 Å². The molecule has 1 heterocycles. The van der Waals surface area contributed by atoms with E-state index in [1.165, 1.54) is 29.2 Å². The van der Waals surface area contributed by atoms with Crippen molar-refractivity contribution in [3.8, 4) is 11.5 Å². The van der Waals surface area contributed by atoms with Gasteiger partial charge in [0.2, 0.25) is 21.8 Å². The summed E-state index contributed by atoms with van der Waals surface area (Å²) in [7, 11) is -3.88. The molecule has 50 heavy (non-hydrogen) atoms. The molecule has 2 fully saturated rings. The summed E-state index contributed by atoms with van der Waals surface area (Å²) >= 11 is 6.13. The summed E-state index contributed by atoms with van der Waals surface area (Å²) in [5.74, 6) is -1.62. The highest BCUT2D eigenvalue weighted by molar-refractivity contribution is 7.91. The maximum atomic E-state index is 14.2. The predicted molar refractivity (Wildman–Crippen MR) is 188 cm³/mol. The van der Waals surface area contributed by atoms with Crippen molar-refractivity contribution in [2.24, 2.45) is 11.3 Å². The topological polar surface area (TPSA) is 148 Å². The van der Waals surface area contributed by atoms with Gasteiger partial charge in [0.1, 0.15) is 28.9 Å². The van der Waals surface area contributed by atoms with Gasteiger partial charge in [-0.3, -0.25) is 19.1 Å². The maximum Gasteiger partial charge on any atom is 0.259 e. The Morgan fingerprint density at radius 3 is 2.52 bits per heavy atom. The minimum Gasteiger partial charge on any atom is -0.457 e. The molecule has 1 aliphatic heterocycles. The summed E-state index contributed by atoms with van der Waals surface area (Å²) in [5, 5.41) is 2.71. The molecule has 0 aromatic heterocycles. The molecule has 10 nitrogen and oxygen atoms in total. The number of fused-ring (bicyclic) bond motifs is 1. The lowest BCUT2D eigenvalue weighted by molar-refractivity contribution is -0.144. The van der Waals surface area contributed by atoms with Gasteiger partial charge in [-0.25, -0.2) is 12.8 Å². The molecule has 0 radical (unpaired) electrons. The Bertz CT molecular complexity index is 1980. The summed E-state index contributed by atoms with van der Waals surface area (Å²) in [6, 6.07) is 15.5. The van der Waals surface area contributed by atoms with Gasteiger partial charge in [-0.2, -0.15) is 0 Å². The highest BCUT2D eigenvalue weighted by Crippen LogP contribution is 2.45. The van der Waals surface area contributed by atoms with Crippen molar-refractivity contribution in [3.05, 3.63) is 101 Å². The number of carbonyl (C=O) groups is 3. The smallest absolute Gasteiger partial charge is 0.259 e. The quantitative estimate of drug-likeness (QED) is 0.167. The van der Waals surface area contributed by atoms with E-state index < -0.39 is 55.8 Å². The average Bonchev–Trinajstić information content (AvgIpc) is 3.97. The Morgan fingerprint density at radius 2 is 1.84 bits per heavy atom. The zero-order chi connectivity index (χ0) is 36.0. The molecule has 3 aromatic carbocycles. The minimum absolute atomic E-state index is 0.0125. The second kappa shape index (κ2) is 13.4. The van der Waals surface area contributed by atoms with Gasteiger partial charge in [0.15, 0.2) is 0 Å². The van der Waals surface area contributed by atoms with Gasteiger partial charge in [-0.05, 0) is 96.3 Å². The molecule has 13 heteroatoms. The van der Waals surface area contributed by atoms with Gasteiger partial charge in [-0.15, -0.1) is 6.58 Å². The first-order chi connectivity index (χ1) is 23.6. The molecule has 2 saturated carbocycles. The van der Waals surface area contributed by atoms with E-state index in [1.807, 2.05) is 26.0 Å². The van der Waals surface area contributed by atoms with Gasteiger partial charge in [0.25, 0.3) is 5.91 Å². The SMILES string of the molecule is C=C[C@@H]1CC1(NC(=O)[C@H]1Cc2cc(Oc3cccc(Cl)c3)ccc2CN1C(=O)CC(C)(C)Cc1cc(F)ccc1N)C(=O)NS(=O)(=O)C1CC1. The van der Waals surface area contributed by atoms with E-state index in [1.54, 1.807) is 30.3 Å². The standard InChI is InChI=1S/C37H40ClFN4O6S/c1-4-25-19-37(25,35(46)42-50(47,48)30-11-12-30)41-34(45)32-16-23-15-29(49-28-7-5-6-26(38)17-28)10-8-22(23)21-43(32)33(44)20-36(2,3)18-24-14-27(39)9-13-31(24)40/h4-10,13-15,17,25,30,32H,1,11-12,16,18-21,40H2,2-3H3,(H,41,45)(H,42,46)/t25-,32-,37?/m1/s1. The van der Waals surface area contributed by atoms with Crippen molar-refractivity contribution < 1.29 is 31.9 Å². The van der Waals surface area contributed by atoms with Gasteiger partial charge in [0, 0.05) is 36.0 Å². The normalized spacial score (nSPS) is 21.5. The van der Waals surface area contributed by atoms with Crippen LogP contribution in [0.2, 0.25) is 5.02 Å². The molecule has 3 atom stereocenters. The molecule has 0 saturated heterocycles. The predicted octanol–water partition coefficient (Wildman–Crippen LogP) is 5.44.